The molecule has 1 aromatic rings. The topological polar surface area (TPSA) is 44.1 Å². The molecule has 0 unspecified atom stereocenters. The van der Waals surface area contributed by atoms with Crippen LogP contribution in [-0.4, -0.2) is 17.9 Å². The number of anilines is 1. The van der Waals surface area contributed by atoms with Crippen LogP contribution in [0.4, 0.5) is 5.69 Å². The Morgan fingerprint density at radius 2 is 2.18 bits per heavy atom. The minimum absolute atomic E-state index is 0.270. The molecule has 0 saturated carbocycles. The fourth-order valence-corrected chi connectivity index (χ4v) is 2.33. The lowest BCUT2D eigenvalue weighted by molar-refractivity contribution is -0.124. The lowest BCUT2D eigenvalue weighted by Gasteiger charge is -2.42. The highest BCUT2D eigenvalue weighted by atomic mass is 16.1. The highest BCUT2D eigenvalue weighted by molar-refractivity contribution is 5.92. The largest absolute Gasteiger partial charge is 0.359 e. The normalized spacial score (nSPS) is 18.9. The van der Waals surface area contributed by atoms with Crippen LogP contribution in [0.2, 0.25) is 0 Å². The summed E-state index contributed by atoms with van der Waals surface area (Å²) in [6.07, 6.45) is 1.54. The molecule has 0 aromatic heterocycles. The first-order valence-electron chi connectivity index (χ1n) is 5.87. The predicted molar refractivity (Wildman–Crippen MR) is 66.8 cm³/mol. The van der Waals surface area contributed by atoms with Gasteiger partial charge in [0, 0.05) is 18.7 Å². The number of rotatable bonds is 1. The molecule has 1 aliphatic heterocycles. The number of nitriles is 1. The van der Waals surface area contributed by atoms with Gasteiger partial charge in [0.05, 0.1) is 17.2 Å². The van der Waals surface area contributed by atoms with Crippen LogP contribution in [0, 0.1) is 11.3 Å². The summed E-state index contributed by atoms with van der Waals surface area (Å²) >= 11 is 0. The monoisotopic (exact) mass is 228 g/mol. The summed E-state index contributed by atoms with van der Waals surface area (Å²) in [4.78, 5) is 14.0. The van der Waals surface area contributed by atoms with Crippen LogP contribution in [0.1, 0.15) is 32.3 Å². The van der Waals surface area contributed by atoms with Crippen molar-refractivity contribution in [2.45, 2.75) is 32.2 Å². The number of Topliss-reactive ketones (excluding diaryl/α,β-unsaturated/α-hetero) is 1. The van der Waals surface area contributed by atoms with Gasteiger partial charge in [0.15, 0.2) is 5.78 Å². The highest BCUT2D eigenvalue weighted by Crippen LogP contribution is 2.30. The molecule has 0 N–H and O–H groups in total. The minimum Gasteiger partial charge on any atom is -0.359 e. The van der Waals surface area contributed by atoms with Gasteiger partial charge < -0.3 is 4.90 Å². The van der Waals surface area contributed by atoms with Gasteiger partial charge in [-0.2, -0.15) is 5.26 Å². The number of carbonyl (C=O) groups is 1. The standard InChI is InChI=1S/C14H16N2O/c1-14(2)13(17)7-4-8-16(14)12-6-3-5-11(9-12)10-15/h3,5-6,9H,4,7-8H2,1-2H3. The molecule has 0 aliphatic carbocycles. The van der Waals surface area contributed by atoms with Gasteiger partial charge in [-0.05, 0) is 38.5 Å². The van der Waals surface area contributed by atoms with E-state index in [-0.39, 0.29) is 5.78 Å². The SMILES string of the molecule is CC1(C)C(=O)CCCN1c1cccc(C#N)c1. The molecule has 0 spiro atoms. The van der Waals surface area contributed by atoms with Gasteiger partial charge in [-0.15, -0.1) is 0 Å². The maximum Gasteiger partial charge on any atom is 0.157 e. The molecule has 3 nitrogen and oxygen atoms in total. The summed E-state index contributed by atoms with van der Waals surface area (Å²) in [6.45, 7) is 4.77. The summed E-state index contributed by atoms with van der Waals surface area (Å²) in [7, 11) is 0. The maximum absolute atomic E-state index is 11.9. The minimum atomic E-state index is -0.466. The highest BCUT2D eigenvalue weighted by Gasteiger charge is 2.37. The summed E-state index contributed by atoms with van der Waals surface area (Å²) in [5.74, 6) is 0.270. The molecule has 0 atom stereocenters. The van der Waals surface area contributed by atoms with Crippen molar-refractivity contribution in [1.82, 2.24) is 0 Å². The Labute approximate surface area is 102 Å². The Morgan fingerprint density at radius 1 is 1.41 bits per heavy atom. The molecule has 2 rings (SSSR count). The van der Waals surface area contributed by atoms with E-state index in [1.54, 1.807) is 6.07 Å². The maximum atomic E-state index is 11.9. The number of benzene rings is 1. The van der Waals surface area contributed by atoms with Gasteiger partial charge >= 0.3 is 0 Å². The zero-order chi connectivity index (χ0) is 12.5. The van der Waals surface area contributed by atoms with Crippen LogP contribution in [0.3, 0.4) is 0 Å². The number of ketones is 1. The van der Waals surface area contributed by atoms with Crippen LogP contribution >= 0.6 is 0 Å². The summed E-state index contributed by atoms with van der Waals surface area (Å²) in [5.41, 5.74) is 1.13. The molecule has 0 bridgehead atoms. The third-order valence-electron chi connectivity index (χ3n) is 3.43. The molecule has 1 aliphatic rings. The first-order chi connectivity index (χ1) is 8.05. The molecule has 1 aromatic carbocycles. The molecule has 0 amide bonds. The zero-order valence-electron chi connectivity index (χ0n) is 10.2. The molecule has 88 valence electrons. The first-order valence-corrected chi connectivity index (χ1v) is 5.87. The summed E-state index contributed by atoms with van der Waals surface area (Å²) in [6, 6.07) is 9.58. The second-order valence-electron chi connectivity index (χ2n) is 4.90. The Hall–Kier alpha value is -1.82. The van der Waals surface area contributed by atoms with Gasteiger partial charge in [-0.1, -0.05) is 6.07 Å². The number of piperidine rings is 1. The van der Waals surface area contributed by atoms with Crippen molar-refractivity contribution in [3.05, 3.63) is 29.8 Å². The zero-order valence-corrected chi connectivity index (χ0v) is 10.2. The number of carbonyl (C=O) groups excluding carboxylic acids is 1. The quantitative estimate of drug-likeness (QED) is 0.741. The van der Waals surface area contributed by atoms with E-state index in [1.165, 1.54) is 0 Å². The van der Waals surface area contributed by atoms with E-state index in [9.17, 15) is 4.79 Å². The van der Waals surface area contributed by atoms with Crippen molar-refractivity contribution >= 4 is 11.5 Å². The summed E-state index contributed by atoms with van der Waals surface area (Å²) in [5, 5.41) is 8.91. The molecule has 1 saturated heterocycles. The van der Waals surface area contributed by atoms with Crippen molar-refractivity contribution < 1.29 is 4.79 Å². The van der Waals surface area contributed by atoms with Gasteiger partial charge in [0.2, 0.25) is 0 Å². The van der Waals surface area contributed by atoms with E-state index < -0.39 is 5.54 Å². The van der Waals surface area contributed by atoms with Crippen LogP contribution in [0.5, 0.6) is 0 Å². The van der Waals surface area contributed by atoms with Crippen molar-refractivity contribution in [2.24, 2.45) is 0 Å². The van der Waals surface area contributed by atoms with E-state index in [1.807, 2.05) is 32.0 Å². The second-order valence-corrected chi connectivity index (χ2v) is 4.90. The Kier molecular flexibility index (Phi) is 2.89. The van der Waals surface area contributed by atoms with Crippen molar-refractivity contribution in [3.8, 4) is 6.07 Å². The van der Waals surface area contributed by atoms with E-state index >= 15 is 0 Å². The summed E-state index contributed by atoms with van der Waals surface area (Å²) < 4.78 is 0. The molecule has 1 heterocycles. The van der Waals surface area contributed by atoms with E-state index in [0.717, 1.165) is 18.7 Å². The van der Waals surface area contributed by atoms with Crippen molar-refractivity contribution in [2.75, 3.05) is 11.4 Å². The molecular formula is C14H16N2O. The number of nitrogens with zero attached hydrogens (tertiary/aromatic N) is 2. The molecule has 17 heavy (non-hydrogen) atoms. The average Bonchev–Trinajstić information content (AvgIpc) is 2.32. The smallest absolute Gasteiger partial charge is 0.157 e. The molecular weight excluding hydrogens is 212 g/mol. The number of hydrogen-bond acceptors (Lipinski definition) is 3. The van der Waals surface area contributed by atoms with Gasteiger partial charge in [0.1, 0.15) is 0 Å². The molecule has 1 fully saturated rings. The Balaban J connectivity index is 2.38. The average molecular weight is 228 g/mol. The number of hydrogen-bond donors (Lipinski definition) is 0. The van der Waals surface area contributed by atoms with Crippen LogP contribution in [0.25, 0.3) is 0 Å². The van der Waals surface area contributed by atoms with Crippen molar-refractivity contribution in [1.29, 1.82) is 5.26 Å². The molecule has 0 radical (unpaired) electrons. The van der Waals surface area contributed by atoms with Crippen LogP contribution in [-0.2, 0) is 4.79 Å². The van der Waals surface area contributed by atoms with Crippen LogP contribution in [0.15, 0.2) is 24.3 Å². The van der Waals surface area contributed by atoms with Gasteiger partial charge in [-0.25, -0.2) is 0 Å². The van der Waals surface area contributed by atoms with E-state index in [2.05, 4.69) is 11.0 Å². The predicted octanol–water partition coefficient (Wildman–Crippen LogP) is 2.51. The first kappa shape index (κ1) is 11.7. The van der Waals surface area contributed by atoms with Gasteiger partial charge in [0.25, 0.3) is 0 Å². The second kappa shape index (κ2) is 4.21. The van der Waals surface area contributed by atoms with Crippen LogP contribution < -0.4 is 4.90 Å². The van der Waals surface area contributed by atoms with E-state index in [4.69, 9.17) is 5.26 Å². The lowest BCUT2D eigenvalue weighted by Crippen LogP contribution is -2.54. The van der Waals surface area contributed by atoms with Gasteiger partial charge in [-0.3, -0.25) is 4.79 Å². The Morgan fingerprint density at radius 3 is 2.88 bits per heavy atom. The van der Waals surface area contributed by atoms with Crippen molar-refractivity contribution in [3.63, 3.8) is 0 Å². The third kappa shape index (κ3) is 2.03. The fourth-order valence-electron chi connectivity index (χ4n) is 2.33. The fraction of sp³-hybridized carbons (Fsp3) is 0.429. The third-order valence-corrected chi connectivity index (χ3v) is 3.43. The van der Waals surface area contributed by atoms with E-state index in [0.29, 0.717) is 12.0 Å². The lowest BCUT2D eigenvalue weighted by atomic mass is 9.88. The Bertz CT molecular complexity index is 485. The molecule has 3 heteroatoms.